The number of aliphatic hydroxyl groups is 1. The van der Waals surface area contributed by atoms with E-state index in [4.69, 9.17) is 14.6 Å². The molecule has 0 radical (unpaired) electrons. The van der Waals surface area contributed by atoms with Gasteiger partial charge in [0.05, 0.1) is 13.2 Å². The standard InChI is InChI=1S/C14H21NO3S/c1-15-11(5-6-16)10-19-12-3-4-13-14(9-12)18-8-2-7-17-13/h3-4,9,11,15-16H,2,5-8,10H2,1H3. The summed E-state index contributed by atoms with van der Waals surface area (Å²) in [5.74, 6) is 2.60. The van der Waals surface area contributed by atoms with Crippen LogP contribution in [0.5, 0.6) is 11.5 Å². The molecule has 1 heterocycles. The van der Waals surface area contributed by atoms with Crippen molar-refractivity contribution in [1.29, 1.82) is 0 Å². The molecule has 0 amide bonds. The Morgan fingerprint density at radius 1 is 1.32 bits per heavy atom. The molecule has 1 aromatic rings. The fraction of sp³-hybridized carbons (Fsp3) is 0.571. The average Bonchev–Trinajstić information content (AvgIpc) is 2.68. The molecule has 2 rings (SSSR count). The van der Waals surface area contributed by atoms with Crippen LogP contribution in [0.1, 0.15) is 12.8 Å². The molecule has 1 aromatic carbocycles. The van der Waals surface area contributed by atoms with Crippen LogP contribution >= 0.6 is 11.8 Å². The maximum absolute atomic E-state index is 8.97. The minimum absolute atomic E-state index is 0.215. The third-order valence-electron chi connectivity index (χ3n) is 3.06. The third-order valence-corrected chi connectivity index (χ3v) is 4.21. The second-order valence-electron chi connectivity index (χ2n) is 4.47. The highest BCUT2D eigenvalue weighted by atomic mass is 32.2. The van der Waals surface area contributed by atoms with Crippen LogP contribution in [0.2, 0.25) is 0 Å². The average molecular weight is 283 g/mol. The van der Waals surface area contributed by atoms with E-state index in [1.165, 1.54) is 4.90 Å². The third kappa shape index (κ3) is 4.30. The van der Waals surface area contributed by atoms with Crippen molar-refractivity contribution in [1.82, 2.24) is 5.32 Å². The lowest BCUT2D eigenvalue weighted by atomic mass is 10.2. The van der Waals surface area contributed by atoms with Gasteiger partial charge in [-0.25, -0.2) is 0 Å². The molecule has 0 aliphatic carbocycles. The minimum Gasteiger partial charge on any atom is -0.490 e. The van der Waals surface area contributed by atoms with Gasteiger partial charge in [-0.3, -0.25) is 0 Å². The molecule has 0 saturated heterocycles. The van der Waals surface area contributed by atoms with Crippen molar-refractivity contribution < 1.29 is 14.6 Å². The lowest BCUT2D eigenvalue weighted by Gasteiger charge is -2.15. The van der Waals surface area contributed by atoms with Crippen molar-refractivity contribution in [2.24, 2.45) is 0 Å². The molecule has 19 heavy (non-hydrogen) atoms. The normalized spacial score (nSPS) is 15.9. The van der Waals surface area contributed by atoms with Gasteiger partial charge < -0.3 is 19.9 Å². The number of hydrogen-bond acceptors (Lipinski definition) is 5. The summed E-state index contributed by atoms with van der Waals surface area (Å²) in [5, 5.41) is 12.2. The number of hydrogen-bond donors (Lipinski definition) is 2. The fourth-order valence-corrected chi connectivity index (χ4v) is 2.98. The summed E-state index contributed by atoms with van der Waals surface area (Å²) in [7, 11) is 1.93. The maximum Gasteiger partial charge on any atom is 0.162 e. The quantitative estimate of drug-likeness (QED) is 0.781. The molecule has 1 aliphatic rings. The van der Waals surface area contributed by atoms with E-state index in [0.29, 0.717) is 12.6 Å². The zero-order chi connectivity index (χ0) is 13.5. The van der Waals surface area contributed by atoms with Crippen molar-refractivity contribution >= 4 is 11.8 Å². The maximum atomic E-state index is 8.97. The lowest BCUT2D eigenvalue weighted by Crippen LogP contribution is -2.28. The number of aliphatic hydroxyl groups excluding tert-OH is 1. The highest BCUT2D eigenvalue weighted by molar-refractivity contribution is 7.99. The minimum atomic E-state index is 0.215. The molecule has 0 saturated carbocycles. The van der Waals surface area contributed by atoms with Gasteiger partial charge in [0.2, 0.25) is 0 Å². The van der Waals surface area contributed by atoms with Crippen molar-refractivity contribution in [2.75, 3.05) is 32.6 Å². The van der Waals surface area contributed by atoms with E-state index in [9.17, 15) is 0 Å². The van der Waals surface area contributed by atoms with Crippen LogP contribution in [0.25, 0.3) is 0 Å². The predicted octanol–water partition coefficient (Wildman–Crippen LogP) is 1.91. The van der Waals surface area contributed by atoms with E-state index in [1.807, 2.05) is 19.2 Å². The Kier molecular flexibility index (Phi) is 5.82. The number of nitrogens with one attached hydrogen (secondary N) is 1. The first-order chi connectivity index (χ1) is 9.33. The number of ether oxygens (including phenoxy) is 2. The molecule has 1 aliphatic heterocycles. The highest BCUT2D eigenvalue weighted by Gasteiger charge is 2.12. The highest BCUT2D eigenvalue weighted by Crippen LogP contribution is 2.34. The Balaban J connectivity index is 1.95. The largest absolute Gasteiger partial charge is 0.490 e. The van der Waals surface area contributed by atoms with Gasteiger partial charge in [0.15, 0.2) is 11.5 Å². The SMILES string of the molecule is CNC(CCO)CSc1ccc2c(c1)OCCCO2. The first-order valence-corrected chi connectivity index (χ1v) is 7.62. The number of thioether (sulfide) groups is 1. The monoisotopic (exact) mass is 283 g/mol. The second-order valence-corrected chi connectivity index (χ2v) is 5.56. The molecule has 0 aromatic heterocycles. The van der Waals surface area contributed by atoms with Crippen molar-refractivity contribution in [2.45, 2.75) is 23.8 Å². The van der Waals surface area contributed by atoms with Crippen LogP contribution in [0.4, 0.5) is 0 Å². The first-order valence-electron chi connectivity index (χ1n) is 6.64. The van der Waals surface area contributed by atoms with E-state index in [1.54, 1.807) is 11.8 Å². The van der Waals surface area contributed by atoms with E-state index in [2.05, 4.69) is 11.4 Å². The number of benzene rings is 1. The summed E-state index contributed by atoms with van der Waals surface area (Å²) in [4.78, 5) is 1.17. The van der Waals surface area contributed by atoms with Crippen LogP contribution in [-0.4, -0.2) is 43.8 Å². The van der Waals surface area contributed by atoms with Gasteiger partial charge in [0.25, 0.3) is 0 Å². The van der Waals surface area contributed by atoms with Gasteiger partial charge in [-0.05, 0) is 31.7 Å². The molecule has 2 N–H and O–H groups in total. The predicted molar refractivity (Wildman–Crippen MR) is 77.3 cm³/mol. The van der Waals surface area contributed by atoms with Gasteiger partial charge in [-0.2, -0.15) is 0 Å². The van der Waals surface area contributed by atoms with Crippen LogP contribution in [0, 0.1) is 0 Å². The van der Waals surface area contributed by atoms with Crippen LogP contribution < -0.4 is 14.8 Å². The van der Waals surface area contributed by atoms with Crippen molar-refractivity contribution in [3.05, 3.63) is 18.2 Å². The van der Waals surface area contributed by atoms with E-state index < -0.39 is 0 Å². The molecule has 4 nitrogen and oxygen atoms in total. The Bertz CT molecular complexity index is 400. The topological polar surface area (TPSA) is 50.7 Å². The molecular weight excluding hydrogens is 262 g/mol. The van der Waals surface area contributed by atoms with Crippen molar-refractivity contribution in [3.8, 4) is 11.5 Å². The lowest BCUT2D eigenvalue weighted by molar-refractivity contribution is 0.273. The van der Waals surface area contributed by atoms with E-state index in [0.717, 1.165) is 36.7 Å². The summed E-state index contributed by atoms with van der Waals surface area (Å²) in [5.41, 5.74) is 0. The summed E-state index contributed by atoms with van der Waals surface area (Å²) < 4.78 is 11.3. The molecular formula is C14H21NO3S. The molecule has 0 spiro atoms. The molecule has 5 heteroatoms. The Morgan fingerprint density at radius 2 is 2.11 bits per heavy atom. The zero-order valence-electron chi connectivity index (χ0n) is 11.2. The van der Waals surface area contributed by atoms with Crippen LogP contribution in [0.3, 0.4) is 0 Å². The smallest absolute Gasteiger partial charge is 0.162 e. The fourth-order valence-electron chi connectivity index (χ4n) is 1.90. The molecule has 1 atom stereocenters. The van der Waals surface area contributed by atoms with Gasteiger partial charge >= 0.3 is 0 Å². The number of rotatable bonds is 6. The van der Waals surface area contributed by atoms with Crippen LogP contribution in [-0.2, 0) is 0 Å². The Hall–Kier alpha value is -0.910. The molecule has 106 valence electrons. The Labute approximate surface area is 118 Å². The number of fused-ring (bicyclic) bond motifs is 1. The summed E-state index contributed by atoms with van der Waals surface area (Å²) in [6.45, 7) is 1.65. The zero-order valence-corrected chi connectivity index (χ0v) is 12.0. The van der Waals surface area contributed by atoms with Crippen LogP contribution in [0.15, 0.2) is 23.1 Å². The van der Waals surface area contributed by atoms with Crippen molar-refractivity contribution in [3.63, 3.8) is 0 Å². The van der Waals surface area contributed by atoms with E-state index >= 15 is 0 Å². The molecule has 0 fully saturated rings. The summed E-state index contributed by atoms with van der Waals surface area (Å²) in [6.07, 6.45) is 1.70. The van der Waals surface area contributed by atoms with Gasteiger partial charge in [0.1, 0.15) is 0 Å². The summed E-state index contributed by atoms with van der Waals surface area (Å²) in [6, 6.07) is 6.40. The van der Waals surface area contributed by atoms with Gasteiger partial charge in [-0.1, -0.05) is 0 Å². The molecule has 1 unspecified atom stereocenters. The Morgan fingerprint density at radius 3 is 2.84 bits per heavy atom. The second kappa shape index (κ2) is 7.62. The molecule has 0 bridgehead atoms. The first kappa shape index (κ1) is 14.5. The van der Waals surface area contributed by atoms with E-state index in [-0.39, 0.29) is 6.61 Å². The summed E-state index contributed by atoms with van der Waals surface area (Å²) >= 11 is 1.76. The van der Waals surface area contributed by atoms with Gasteiger partial charge in [0, 0.05) is 29.7 Å². The van der Waals surface area contributed by atoms with Gasteiger partial charge in [-0.15, -0.1) is 11.8 Å².